The fraction of sp³-hybridized carbons (Fsp3) is 0.333. The van der Waals surface area contributed by atoms with Gasteiger partial charge in [-0.05, 0) is 12.1 Å². The molecule has 0 unspecified atom stereocenters. The predicted molar refractivity (Wildman–Crippen MR) is 38.8 cm³/mol. The Labute approximate surface area is 63.1 Å². The van der Waals surface area contributed by atoms with Crippen molar-refractivity contribution in [3.8, 4) is 0 Å². The van der Waals surface area contributed by atoms with Crippen LogP contribution in [0.4, 0.5) is 0 Å². The van der Waals surface area contributed by atoms with Gasteiger partial charge in [-0.15, -0.1) is 10.2 Å². The quantitative estimate of drug-likeness (QED) is 0.582. The summed E-state index contributed by atoms with van der Waals surface area (Å²) in [5, 5.41) is 11.0. The van der Waals surface area contributed by atoms with Crippen LogP contribution in [0.15, 0.2) is 12.5 Å². The lowest BCUT2D eigenvalue weighted by molar-refractivity contribution is 0.760. The van der Waals surface area contributed by atoms with Crippen molar-refractivity contribution in [1.82, 2.24) is 25.0 Å². The maximum Gasteiger partial charge on any atom is 0.185 e. The lowest BCUT2D eigenvalue weighted by Crippen LogP contribution is -1.95. The molecule has 0 aromatic carbocycles. The average Bonchev–Trinajstić information content (AvgIpc) is 2.47. The molecule has 11 heavy (non-hydrogen) atoms. The first-order valence-corrected chi connectivity index (χ1v) is 3.41. The lowest BCUT2D eigenvalue weighted by atomic mass is 10.6. The van der Waals surface area contributed by atoms with Crippen molar-refractivity contribution in [1.29, 1.82) is 0 Å². The third-order valence-corrected chi connectivity index (χ3v) is 1.55. The summed E-state index contributed by atoms with van der Waals surface area (Å²) in [6.45, 7) is 2.89. The van der Waals surface area contributed by atoms with Crippen LogP contribution in [0.5, 0.6) is 0 Å². The van der Waals surface area contributed by atoms with Gasteiger partial charge >= 0.3 is 0 Å². The van der Waals surface area contributed by atoms with Crippen molar-refractivity contribution in [2.24, 2.45) is 0 Å². The van der Waals surface area contributed by atoms with E-state index in [0.717, 1.165) is 17.7 Å². The summed E-state index contributed by atoms with van der Waals surface area (Å²) in [5.41, 5.74) is 1.59. The van der Waals surface area contributed by atoms with Gasteiger partial charge in [-0.25, -0.2) is 4.98 Å². The van der Waals surface area contributed by atoms with Gasteiger partial charge in [-0.3, -0.25) is 0 Å². The van der Waals surface area contributed by atoms with E-state index in [0.29, 0.717) is 0 Å². The van der Waals surface area contributed by atoms with Crippen molar-refractivity contribution in [3.05, 3.63) is 12.5 Å². The van der Waals surface area contributed by atoms with Gasteiger partial charge in [0.1, 0.15) is 5.52 Å². The molecule has 2 rings (SSSR count). The molecule has 0 spiro atoms. The molecule has 0 aliphatic carbocycles. The van der Waals surface area contributed by atoms with Gasteiger partial charge in [-0.1, -0.05) is 0 Å². The Hall–Kier alpha value is -1.52. The number of rotatable bonds is 1. The second-order valence-electron chi connectivity index (χ2n) is 2.17. The van der Waals surface area contributed by atoms with Gasteiger partial charge in [0.25, 0.3) is 0 Å². The molecule has 56 valence electrons. The summed E-state index contributed by atoms with van der Waals surface area (Å²) in [4.78, 5) is 4.09. The molecule has 0 atom stereocenters. The van der Waals surface area contributed by atoms with Crippen LogP contribution in [-0.2, 0) is 6.54 Å². The lowest BCUT2D eigenvalue weighted by Gasteiger charge is -1.93. The van der Waals surface area contributed by atoms with Crippen LogP contribution < -0.4 is 0 Å². The molecule has 0 amide bonds. The smallest absolute Gasteiger partial charge is 0.185 e. The van der Waals surface area contributed by atoms with Crippen molar-refractivity contribution < 1.29 is 0 Å². The number of hydrogen-bond acceptors (Lipinski definition) is 4. The van der Waals surface area contributed by atoms with Gasteiger partial charge in [-0.2, -0.15) is 0 Å². The molecule has 0 saturated heterocycles. The Bertz CT molecular complexity index is 366. The predicted octanol–water partition coefficient (Wildman–Crippen LogP) is 0.241. The number of aryl methyl sites for hydroxylation is 1. The third-order valence-electron chi connectivity index (χ3n) is 1.55. The fourth-order valence-corrected chi connectivity index (χ4v) is 0.971. The van der Waals surface area contributed by atoms with Crippen molar-refractivity contribution in [2.45, 2.75) is 13.5 Å². The molecule has 0 bridgehead atoms. The minimum Gasteiger partial charge on any atom is -0.314 e. The van der Waals surface area contributed by atoms with E-state index in [9.17, 15) is 0 Å². The zero-order valence-corrected chi connectivity index (χ0v) is 6.10. The van der Waals surface area contributed by atoms with Crippen LogP contribution >= 0.6 is 0 Å². The van der Waals surface area contributed by atoms with E-state index in [4.69, 9.17) is 0 Å². The maximum atomic E-state index is 4.09. The highest BCUT2D eigenvalue weighted by atomic mass is 15.3. The van der Waals surface area contributed by atoms with Gasteiger partial charge in [0.05, 0.1) is 12.5 Å². The number of imidazole rings is 1. The fourth-order valence-electron chi connectivity index (χ4n) is 0.971. The Morgan fingerprint density at radius 1 is 1.55 bits per heavy atom. The first-order chi connectivity index (χ1) is 5.42. The molecule has 5 heteroatoms. The maximum absolute atomic E-state index is 4.09. The van der Waals surface area contributed by atoms with Crippen LogP contribution in [0.1, 0.15) is 6.92 Å². The van der Waals surface area contributed by atoms with E-state index in [1.165, 1.54) is 0 Å². The Morgan fingerprint density at radius 2 is 2.45 bits per heavy atom. The number of aromatic nitrogens is 5. The Morgan fingerprint density at radius 3 is 3.27 bits per heavy atom. The highest BCUT2D eigenvalue weighted by Crippen LogP contribution is 2.04. The van der Waals surface area contributed by atoms with Crippen LogP contribution in [0.3, 0.4) is 0 Å². The van der Waals surface area contributed by atoms with Crippen molar-refractivity contribution >= 4 is 11.2 Å². The molecule has 0 N–H and O–H groups in total. The molecule has 0 radical (unpaired) electrons. The average molecular weight is 149 g/mol. The SMILES string of the molecule is CCn1cnc2cnnnc21. The normalized spacial score (nSPS) is 10.6. The standard InChI is InChI=1S/C6H7N5/c1-2-11-4-7-5-3-8-10-9-6(5)11/h3-4H,2H2,1H3. The molecule has 0 aliphatic rings. The highest BCUT2D eigenvalue weighted by Gasteiger charge is 2.00. The first-order valence-electron chi connectivity index (χ1n) is 3.41. The molecule has 2 aromatic rings. The molecule has 0 fully saturated rings. The molecule has 0 saturated carbocycles. The van der Waals surface area contributed by atoms with Crippen LogP contribution in [-0.4, -0.2) is 25.0 Å². The summed E-state index contributed by atoms with van der Waals surface area (Å²) in [5.74, 6) is 0. The topological polar surface area (TPSA) is 56.5 Å². The molecule has 2 heterocycles. The van der Waals surface area contributed by atoms with E-state index < -0.39 is 0 Å². The van der Waals surface area contributed by atoms with E-state index in [-0.39, 0.29) is 0 Å². The zero-order valence-electron chi connectivity index (χ0n) is 6.10. The van der Waals surface area contributed by atoms with E-state index in [2.05, 4.69) is 20.4 Å². The number of fused-ring (bicyclic) bond motifs is 1. The molecule has 2 aromatic heterocycles. The highest BCUT2D eigenvalue weighted by molar-refractivity contribution is 5.68. The van der Waals surface area contributed by atoms with Crippen LogP contribution in [0, 0.1) is 0 Å². The van der Waals surface area contributed by atoms with Gasteiger partial charge in [0, 0.05) is 6.54 Å². The summed E-state index contributed by atoms with van der Waals surface area (Å²) in [6.07, 6.45) is 3.34. The second kappa shape index (κ2) is 2.26. The van der Waals surface area contributed by atoms with Crippen molar-refractivity contribution in [2.75, 3.05) is 0 Å². The Kier molecular flexibility index (Phi) is 1.28. The van der Waals surface area contributed by atoms with E-state index in [1.54, 1.807) is 12.5 Å². The van der Waals surface area contributed by atoms with E-state index in [1.807, 2.05) is 11.5 Å². The molecular formula is C6H7N5. The van der Waals surface area contributed by atoms with Crippen LogP contribution in [0.25, 0.3) is 11.2 Å². The minimum absolute atomic E-state index is 0.793. The molecule has 5 nitrogen and oxygen atoms in total. The largest absolute Gasteiger partial charge is 0.314 e. The van der Waals surface area contributed by atoms with Gasteiger partial charge in [0.2, 0.25) is 0 Å². The Balaban J connectivity index is 2.76. The number of hydrogen-bond donors (Lipinski definition) is 0. The third kappa shape index (κ3) is 0.849. The van der Waals surface area contributed by atoms with Crippen molar-refractivity contribution in [3.63, 3.8) is 0 Å². The molecule has 0 aliphatic heterocycles. The minimum atomic E-state index is 0.793. The first kappa shape index (κ1) is 6.21. The van der Waals surface area contributed by atoms with E-state index >= 15 is 0 Å². The second-order valence-corrected chi connectivity index (χ2v) is 2.17. The number of nitrogens with zero attached hydrogens (tertiary/aromatic N) is 5. The summed E-state index contributed by atoms with van der Waals surface area (Å²) >= 11 is 0. The summed E-state index contributed by atoms with van der Waals surface area (Å²) < 4.78 is 1.92. The summed E-state index contributed by atoms with van der Waals surface area (Å²) in [6, 6.07) is 0. The summed E-state index contributed by atoms with van der Waals surface area (Å²) in [7, 11) is 0. The van der Waals surface area contributed by atoms with Gasteiger partial charge < -0.3 is 4.57 Å². The zero-order chi connectivity index (χ0) is 7.68. The molecular weight excluding hydrogens is 142 g/mol. The van der Waals surface area contributed by atoms with Gasteiger partial charge in [0.15, 0.2) is 5.65 Å². The monoisotopic (exact) mass is 149 g/mol. The van der Waals surface area contributed by atoms with Crippen LogP contribution in [0.2, 0.25) is 0 Å².